The Kier molecular flexibility index (Phi) is 6.75. The van der Waals surface area contributed by atoms with Crippen molar-refractivity contribution in [2.75, 3.05) is 46.4 Å². The first-order valence-electron chi connectivity index (χ1n) is 6.52. The molecule has 0 aromatic rings. The van der Waals surface area contributed by atoms with Crippen LogP contribution in [-0.2, 0) is 14.3 Å². The number of amides is 1. The van der Waals surface area contributed by atoms with Gasteiger partial charge in [-0.25, -0.2) is 0 Å². The van der Waals surface area contributed by atoms with Gasteiger partial charge in [0.1, 0.15) is 0 Å². The molecule has 0 radical (unpaired) electrons. The van der Waals surface area contributed by atoms with Crippen LogP contribution in [-0.4, -0.2) is 79.3 Å². The molecule has 110 valence electrons. The normalized spacial score (nSPS) is 18.3. The quantitative estimate of drug-likeness (QED) is 0.576. The molecule has 7 heteroatoms. The highest BCUT2D eigenvalue weighted by Crippen LogP contribution is 2.06. The molecule has 1 saturated heterocycles. The highest BCUT2D eigenvalue weighted by Gasteiger charge is 2.25. The molecule has 0 aromatic heterocycles. The van der Waals surface area contributed by atoms with Crippen molar-refractivity contribution in [3.05, 3.63) is 0 Å². The summed E-state index contributed by atoms with van der Waals surface area (Å²) in [5, 5.41) is 8.70. The molecular weight excluding hydrogens is 250 g/mol. The van der Waals surface area contributed by atoms with Crippen LogP contribution in [0.1, 0.15) is 12.8 Å². The molecule has 1 amide bonds. The van der Waals surface area contributed by atoms with Crippen molar-refractivity contribution in [1.29, 1.82) is 0 Å². The maximum absolute atomic E-state index is 12.0. The molecule has 0 spiro atoms. The lowest BCUT2D eigenvalue weighted by atomic mass is 10.1. The second-order valence-corrected chi connectivity index (χ2v) is 4.74. The fourth-order valence-corrected chi connectivity index (χ4v) is 2.12. The van der Waals surface area contributed by atoms with Crippen LogP contribution >= 0.6 is 0 Å². The predicted molar refractivity (Wildman–Crippen MR) is 69.7 cm³/mol. The molecule has 19 heavy (non-hydrogen) atoms. The molecule has 1 aliphatic rings. The van der Waals surface area contributed by atoms with E-state index in [0.29, 0.717) is 39.2 Å². The maximum atomic E-state index is 12.0. The molecule has 3 N–H and O–H groups in total. The minimum Gasteiger partial charge on any atom is -0.480 e. The van der Waals surface area contributed by atoms with Crippen LogP contribution in [0.2, 0.25) is 0 Å². The minimum absolute atomic E-state index is 0.0297. The lowest BCUT2D eigenvalue weighted by Crippen LogP contribution is -2.53. The Morgan fingerprint density at radius 2 is 1.95 bits per heavy atom. The molecule has 0 aromatic carbocycles. The summed E-state index contributed by atoms with van der Waals surface area (Å²) in [5.41, 5.74) is 5.85. The third-order valence-corrected chi connectivity index (χ3v) is 3.22. The van der Waals surface area contributed by atoms with Gasteiger partial charge in [0, 0.05) is 39.9 Å². The van der Waals surface area contributed by atoms with Gasteiger partial charge in [-0.05, 0) is 12.8 Å². The second kappa shape index (κ2) is 8.08. The van der Waals surface area contributed by atoms with Crippen LogP contribution in [0.5, 0.6) is 0 Å². The van der Waals surface area contributed by atoms with Gasteiger partial charge >= 0.3 is 5.97 Å². The summed E-state index contributed by atoms with van der Waals surface area (Å²) in [6, 6.07) is -0.485. The summed E-state index contributed by atoms with van der Waals surface area (Å²) in [4.78, 5) is 26.2. The van der Waals surface area contributed by atoms with Crippen molar-refractivity contribution < 1.29 is 19.4 Å². The van der Waals surface area contributed by atoms with Gasteiger partial charge in [0.05, 0.1) is 12.6 Å². The Bertz CT molecular complexity index is 303. The van der Waals surface area contributed by atoms with E-state index in [1.165, 1.54) is 0 Å². The monoisotopic (exact) mass is 273 g/mol. The summed E-state index contributed by atoms with van der Waals surface area (Å²) in [5.74, 6) is -0.887. The molecule has 7 nitrogen and oxygen atoms in total. The summed E-state index contributed by atoms with van der Waals surface area (Å²) in [6.07, 6.45) is 1.38. The van der Waals surface area contributed by atoms with Crippen molar-refractivity contribution in [3.8, 4) is 0 Å². The molecule has 0 bridgehead atoms. The van der Waals surface area contributed by atoms with Crippen LogP contribution in [0.4, 0.5) is 0 Å². The zero-order chi connectivity index (χ0) is 14.3. The number of carbonyl (C=O) groups excluding carboxylic acids is 1. The number of hydrogen-bond donors (Lipinski definition) is 2. The number of nitrogens with zero attached hydrogens (tertiary/aromatic N) is 2. The van der Waals surface area contributed by atoms with Crippen LogP contribution < -0.4 is 5.73 Å². The third-order valence-electron chi connectivity index (χ3n) is 3.22. The molecule has 0 saturated carbocycles. The largest absolute Gasteiger partial charge is 0.480 e. The molecule has 1 aliphatic heterocycles. The Morgan fingerprint density at radius 1 is 1.32 bits per heavy atom. The first-order chi connectivity index (χ1) is 9.04. The first kappa shape index (κ1) is 15.9. The van der Waals surface area contributed by atoms with E-state index in [-0.39, 0.29) is 12.5 Å². The van der Waals surface area contributed by atoms with Gasteiger partial charge in [-0.15, -0.1) is 0 Å². The molecule has 1 atom stereocenters. The van der Waals surface area contributed by atoms with Crippen LogP contribution in [0.15, 0.2) is 0 Å². The van der Waals surface area contributed by atoms with Crippen molar-refractivity contribution >= 4 is 11.9 Å². The summed E-state index contributed by atoms with van der Waals surface area (Å²) >= 11 is 0. The van der Waals surface area contributed by atoms with Gasteiger partial charge in [0.15, 0.2) is 0 Å². The summed E-state index contributed by atoms with van der Waals surface area (Å²) in [6.45, 7) is 2.90. The maximum Gasteiger partial charge on any atom is 0.317 e. The smallest absolute Gasteiger partial charge is 0.317 e. The number of aliphatic carboxylic acids is 1. The van der Waals surface area contributed by atoms with E-state index in [1.807, 2.05) is 4.90 Å². The number of piperazine rings is 1. The molecule has 0 aliphatic carbocycles. The van der Waals surface area contributed by atoms with Crippen LogP contribution in [0.25, 0.3) is 0 Å². The number of nitrogens with two attached hydrogens (primary N) is 1. The molecular formula is C12H23N3O4. The molecule has 1 heterocycles. The summed E-state index contributed by atoms with van der Waals surface area (Å²) in [7, 11) is 1.62. The van der Waals surface area contributed by atoms with Gasteiger partial charge in [0.2, 0.25) is 5.91 Å². The first-order valence-corrected chi connectivity index (χ1v) is 6.52. The number of rotatable bonds is 7. The Balaban J connectivity index is 2.29. The Labute approximate surface area is 113 Å². The number of hydrogen-bond acceptors (Lipinski definition) is 5. The lowest BCUT2D eigenvalue weighted by Gasteiger charge is -2.35. The van der Waals surface area contributed by atoms with E-state index in [0.717, 1.165) is 6.42 Å². The van der Waals surface area contributed by atoms with E-state index in [4.69, 9.17) is 15.6 Å². The SMILES string of the molecule is COCCCC(N)C(=O)N1CCN(CC(=O)O)CC1. The summed E-state index contributed by atoms with van der Waals surface area (Å²) < 4.78 is 4.93. The van der Waals surface area contributed by atoms with E-state index < -0.39 is 12.0 Å². The van der Waals surface area contributed by atoms with Crippen molar-refractivity contribution in [3.63, 3.8) is 0 Å². The average molecular weight is 273 g/mol. The minimum atomic E-state index is -0.837. The van der Waals surface area contributed by atoms with Crippen LogP contribution in [0, 0.1) is 0 Å². The topological polar surface area (TPSA) is 96.1 Å². The van der Waals surface area contributed by atoms with Gasteiger partial charge < -0.3 is 20.5 Å². The Hall–Kier alpha value is -1.18. The number of carboxylic acids is 1. The Morgan fingerprint density at radius 3 is 2.47 bits per heavy atom. The van der Waals surface area contributed by atoms with E-state index in [9.17, 15) is 9.59 Å². The third kappa shape index (κ3) is 5.54. The molecule has 1 fully saturated rings. The van der Waals surface area contributed by atoms with Crippen molar-refractivity contribution in [1.82, 2.24) is 9.80 Å². The van der Waals surface area contributed by atoms with E-state index in [1.54, 1.807) is 12.0 Å². The molecule has 1 unspecified atom stereocenters. The van der Waals surface area contributed by atoms with Gasteiger partial charge in [-0.2, -0.15) is 0 Å². The standard InChI is InChI=1S/C12H23N3O4/c1-19-8-2-3-10(13)12(18)15-6-4-14(5-7-15)9-11(16)17/h10H,2-9,13H2,1H3,(H,16,17). The second-order valence-electron chi connectivity index (χ2n) is 4.74. The van der Waals surface area contributed by atoms with Gasteiger partial charge in [0.25, 0.3) is 0 Å². The van der Waals surface area contributed by atoms with Gasteiger partial charge in [-0.3, -0.25) is 14.5 Å². The average Bonchev–Trinajstić information content (AvgIpc) is 2.38. The zero-order valence-electron chi connectivity index (χ0n) is 11.4. The highest BCUT2D eigenvalue weighted by atomic mass is 16.5. The number of carboxylic acid groups (broad SMARTS) is 1. The number of ether oxygens (including phenoxy) is 1. The lowest BCUT2D eigenvalue weighted by molar-refractivity contribution is -0.139. The van der Waals surface area contributed by atoms with Crippen molar-refractivity contribution in [2.24, 2.45) is 5.73 Å². The molecule has 1 rings (SSSR count). The van der Waals surface area contributed by atoms with E-state index in [2.05, 4.69) is 0 Å². The van der Waals surface area contributed by atoms with Crippen LogP contribution in [0.3, 0.4) is 0 Å². The van der Waals surface area contributed by atoms with Gasteiger partial charge in [-0.1, -0.05) is 0 Å². The number of methoxy groups -OCH3 is 1. The zero-order valence-corrected chi connectivity index (χ0v) is 11.4. The number of carbonyl (C=O) groups is 2. The predicted octanol–water partition coefficient (Wildman–Crippen LogP) is -1.03. The van der Waals surface area contributed by atoms with Crippen molar-refractivity contribution in [2.45, 2.75) is 18.9 Å². The van der Waals surface area contributed by atoms with E-state index >= 15 is 0 Å². The fraction of sp³-hybridized carbons (Fsp3) is 0.833. The highest BCUT2D eigenvalue weighted by molar-refractivity contribution is 5.81. The fourth-order valence-electron chi connectivity index (χ4n) is 2.12.